The maximum absolute atomic E-state index is 12.1. The zero-order valence-electron chi connectivity index (χ0n) is 11.6. The Morgan fingerprint density at radius 1 is 1.33 bits per heavy atom. The Morgan fingerprint density at radius 3 is 2.44 bits per heavy atom. The van der Waals surface area contributed by atoms with Crippen LogP contribution in [-0.4, -0.2) is 23.0 Å². The molecule has 18 heavy (non-hydrogen) atoms. The van der Waals surface area contributed by atoms with Gasteiger partial charge in [-0.05, 0) is 31.6 Å². The number of aliphatic carboxylic acids is 1. The molecule has 0 aromatic rings. The summed E-state index contributed by atoms with van der Waals surface area (Å²) in [5, 5.41) is 12.0. The van der Waals surface area contributed by atoms with E-state index in [0.29, 0.717) is 18.8 Å². The molecule has 4 nitrogen and oxygen atoms in total. The summed E-state index contributed by atoms with van der Waals surface area (Å²) < 4.78 is 0. The van der Waals surface area contributed by atoms with Crippen LogP contribution in [-0.2, 0) is 9.59 Å². The molecular weight excluding hydrogens is 230 g/mol. The quantitative estimate of drug-likeness (QED) is 0.766. The summed E-state index contributed by atoms with van der Waals surface area (Å²) in [6.07, 6.45) is 3.95. The number of carboxylic acids is 1. The van der Waals surface area contributed by atoms with Crippen LogP contribution in [0.5, 0.6) is 0 Å². The van der Waals surface area contributed by atoms with Crippen molar-refractivity contribution in [1.82, 2.24) is 5.32 Å². The molecule has 2 N–H and O–H groups in total. The molecule has 0 aliphatic heterocycles. The fraction of sp³-hybridized carbons (Fsp3) is 0.857. The molecule has 1 amide bonds. The van der Waals surface area contributed by atoms with E-state index in [1.165, 1.54) is 0 Å². The Hall–Kier alpha value is -1.06. The molecule has 0 bridgehead atoms. The first-order chi connectivity index (χ1) is 8.45. The lowest BCUT2D eigenvalue weighted by atomic mass is 9.90. The van der Waals surface area contributed by atoms with Crippen molar-refractivity contribution < 1.29 is 14.7 Å². The number of hydrogen-bond donors (Lipinski definition) is 2. The monoisotopic (exact) mass is 255 g/mol. The van der Waals surface area contributed by atoms with E-state index in [0.717, 1.165) is 19.3 Å². The largest absolute Gasteiger partial charge is 0.481 e. The Kier molecular flexibility index (Phi) is 5.63. The number of nitrogens with one attached hydrogen (secondary N) is 1. The van der Waals surface area contributed by atoms with Gasteiger partial charge in [-0.3, -0.25) is 9.59 Å². The summed E-state index contributed by atoms with van der Waals surface area (Å²) in [6.45, 7) is 6.21. The predicted octanol–water partition coefficient (Wildman–Crippen LogP) is 2.43. The maximum Gasteiger partial charge on any atom is 0.306 e. The molecule has 4 heteroatoms. The van der Waals surface area contributed by atoms with Crippen molar-refractivity contribution >= 4 is 11.9 Å². The number of hydrogen-bond acceptors (Lipinski definition) is 2. The van der Waals surface area contributed by atoms with Crippen LogP contribution in [0.2, 0.25) is 0 Å². The Bertz CT molecular complexity index is 301. The van der Waals surface area contributed by atoms with Gasteiger partial charge < -0.3 is 10.4 Å². The zero-order valence-corrected chi connectivity index (χ0v) is 11.6. The third kappa shape index (κ3) is 4.00. The molecule has 104 valence electrons. The Balaban J connectivity index is 2.47. The van der Waals surface area contributed by atoms with E-state index in [-0.39, 0.29) is 23.8 Å². The minimum absolute atomic E-state index is 0.0525. The smallest absolute Gasteiger partial charge is 0.306 e. The van der Waals surface area contributed by atoms with Gasteiger partial charge in [0.1, 0.15) is 0 Å². The van der Waals surface area contributed by atoms with Gasteiger partial charge in [-0.25, -0.2) is 0 Å². The molecule has 0 saturated heterocycles. The minimum atomic E-state index is -0.735. The van der Waals surface area contributed by atoms with Crippen LogP contribution >= 0.6 is 0 Å². The van der Waals surface area contributed by atoms with Crippen molar-refractivity contribution in [3.63, 3.8) is 0 Å². The fourth-order valence-corrected chi connectivity index (χ4v) is 2.72. The standard InChI is InChI=1S/C14H25NO3/c1-4-5-12(9(2)3)13(16)15-11-7-6-10(8-11)14(17)18/h9-12H,4-8H2,1-3H3,(H,15,16)(H,17,18)/t10-,11+,12?/m1/s1. The molecule has 0 heterocycles. The predicted molar refractivity (Wildman–Crippen MR) is 70.1 cm³/mol. The fourth-order valence-electron chi connectivity index (χ4n) is 2.72. The summed E-state index contributed by atoms with van der Waals surface area (Å²) in [6, 6.07) is 0.0525. The van der Waals surface area contributed by atoms with Crippen LogP contribution in [0.3, 0.4) is 0 Å². The molecule has 1 rings (SSSR count). The second kappa shape index (κ2) is 6.76. The summed E-state index contributed by atoms with van der Waals surface area (Å²) in [4.78, 5) is 23.0. The number of carbonyl (C=O) groups excluding carboxylic acids is 1. The second-order valence-electron chi connectivity index (χ2n) is 5.69. The van der Waals surface area contributed by atoms with Gasteiger partial charge in [0.2, 0.25) is 5.91 Å². The highest BCUT2D eigenvalue weighted by molar-refractivity contribution is 5.79. The molecular formula is C14H25NO3. The van der Waals surface area contributed by atoms with Gasteiger partial charge in [-0.15, -0.1) is 0 Å². The van der Waals surface area contributed by atoms with E-state index in [1.54, 1.807) is 0 Å². The Labute approximate surface area is 109 Å². The van der Waals surface area contributed by atoms with E-state index >= 15 is 0 Å². The highest BCUT2D eigenvalue weighted by Gasteiger charge is 2.32. The first kappa shape index (κ1) is 15.0. The molecule has 1 aliphatic rings. The van der Waals surface area contributed by atoms with Gasteiger partial charge in [0.25, 0.3) is 0 Å². The van der Waals surface area contributed by atoms with Gasteiger partial charge in [0.05, 0.1) is 5.92 Å². The third-order valence-corrected chi connectivity index (χ3v) is 3.87. The Morgan fingerprint density at radius 2 is 2.00 bits per heavy atom. The van der Waals surface area contributed by atoms with Crippen molar-refractivity contribution in [2.24, 2.45) is 17.8 Å². The van der Waals surface area contributed by atoms with Gasteiger partial charge in [0.15, 0.2) is 0 Å². The first-order valence-corrected chi connectivity index (χ1v) is 6.98. The molecule has 1 aliphatic carbocycles. The number of amides is 1. The van der Waals surface area contributed by atoms with Gasteiger partial charge >= 0.3 is 5.97 Å². The molecule has 0 spiro atoms. The lowest BCUT2D eigenvalue weighted by molar-refractivity contribution is -0.141. The molecule has 0 aromatic carbocycles. The number of carboxylic acid groups (broad SMARTS) is 1. The molecule has 1 fully saturated rings. The summed E-state index contributed by atoms with van der Waals surface area (Å²) in [5.74, 6) is -0.525. The lowest BCUT2D eigenvalue weighted by Crippen LogP contribution is -2.39. The number of carbonyl (C=O) groups is 2. The molecule has 0 aromatic heterocycles. The zero-order chi connectivity index (χ0) is 13.7. The average molecular weight is 255 g/mol. The van der Waals surface area contributed by atoms with E-state index in [9.17, 15) is 9.59 Å². The van der Waals surface area contributed by atoms with Crippen LogP contribution in [0.4, 0.5) is 0 Å². The summed E-state index contributed by atoms with van der Waals surface area (Å²) >= 11 is 0. The second-order valence-corrected chi connectivity index (χ2v) is 5.69. The van der Waals surface area contributed by atoms with E-state index in [2.05, 4.69) is 26.1 Å². The molecule has 3 atom stereocenters. The number of rotatable bonds is 6. The average Bonchev–Trinajstić information content (AvgIpc) is 2.73. The van der Waals surface area contributed by atoms with Crippen molar-refractivity contribution in [1.29, 1.82) is 0 Å². The highest BCUT2D eigenvalue weighted by Crippen LogP contribution is 2.26. The normalized spacial score (nSPS) is 25.1. The van der Waals surface area contributed by atoms with Gasteiger partial charge in [-0.2, -0.15) is 0 Å². The van der Waals surface area contributed by atoms with Crippen LogP contribution < -0.4 is 5.32 Å². The summed E-state index contributed by atoms with van der Waals surface area (Å²) in [7, 11) is 0. The first-order valence-electron chi connectivity index (χ1n) is 6.98. The van der Waals surface area contributed by atoms with Crippen molar-refractivity contribution in [3.8, 4) is 0 Å². The highest BCUT2D eigenvalue weighted by atomic mass is 16.4. The SMILES string of the molecule is CCCC(C(=O)N[C@H]1CC[C@@H](C(=O)O)C1)C(C)C. The van der Waals surface area contributed by atoms with Crippen molar-refractivity contribution in [3.05, 3.63) is 0 Å². The third-order valence-electron chi connectivity index (χ3n) is 3.87. The summed E-state index contributed by atoms with van der Waals surface area (Å²) in [5.41, 5.74) is 0. The topological polar surface area (TPSA) is 66.4 Å². The van der Waals surface area contributed by atoms with E-state index in [4.69, 9.17) is 5.11 Å². The van der Waals surface area contributed by atoms with Crippen LogP contribution in [0.15, 0.2) is 0 Å². The minimum Gasteiger partial charge on any atom is -0.481 e. The maximum atomic E-state index is 12.1. The van der Waals surface area contributed by atoms with Crippen LogP contribution in [0.1, 0.15) is 52.9 Å². The van der Waals surface area contributed by atoms with E-state index < -0.39 is 5.97 Å². The molecule has 1 unspecified atom stereocenters. The van der Waals surface area contributed by atoms with Crippen LogP contribution in [0, 0.1) is 17.8 Å². The molecule has 0 radical (unpaired) electrons. The van der Waals surface area contributed by atoms with Crippen molar-refractivity contribution in [2.45, 2.75) is 58.9 Å². The van der Waals surface area contributed by atoms with Gasteiger partial charge in [0, 0.05) is 12.0 Å². The molecule has 1 saturated carbocycles. The van der Waals surface area contributed by atoms with Crippen molar-refractivity contribution in [2.75, 3.05) is 0 Å². The lowest BCUT2D eigenvalue weighted by Gasteiger charge is -2.22. The van der Waals surface area contributed by atoms with E-state index in [1.807, 2.05) is 0 Å². The van der Waals surface area contributed by atoms with Crippen LogP contribution in [0.25, 0.3) is 0 Å². The van der Waals surface area contributed by atoms with Gasteiger partial charge in [-0.1, -0.05) is 27.2 Å².